The van der Waals surface area contributed by atoms with Gasteiger partial charge in [-0.3, -0.25) is 4.90 Å². The van der Waals surface area contributed by atoms with Crippen LogP contribution in [0.1, 0.15) is 44.6 Å². The van der Waals surface area contributed by atoms with Crippen molar-refractivity contribution in [3.63, 3.8) is 0 Å². The predicted molar refractivity (Wildman–Crippen MR) is 88.5 cm³/mol. The Morgan fingerprint density at radius 3 is 2.86 bits per heavy atom. The van der Waals surface area contributed by atoms with E-state index in [2.05, 4.69) is 37.1 Å². The van der Waals surface area contributed by atoms with E-state index in [1.165, 1.54) is 31.2 Å². The summed E-state index contributed by atoms with van der Waals surface area (Å²) in [6.45, 7) is 4.71. The van der Waals surface area contributed by atoms with Gasteiger partial charge < -0.3 is 10.5 Å². The number of hydrogen-bond donors (Lipinski definition) is 1. The fraction of sp³-hybridized carbons (Fsp3) is 0.667. The van der Waals surface area contributed by atoms with Crippen LogP contribution >= 0.6 is 0 Å². The molecular weight excluding hydrogens is 260 g/mol. The third-order valence-electron chi connectivity index (χ3n) is 4.54. The molecule has 0 saturated heterocycles. The Kier molecular flexibility index (Phi) is 6.52. The van der Waals surface area contributed by atoms with Crippen molar-refractivity contribution < 1.29 is 4.74 Å². The quantitative estimate of drug-likeness (QED) is 0.836. The molecule has 2 atom stereocenters. The van der Waals surface area contributed by atoms with E-state index >= 15 is 0 Å². The van der Waals surface area contributed by atoms with Crippen LogP contribution in [0.5, 0.6) is 5.75 Å². The molecule has 1 saturated carbocycles. The van der Waals surface area contributed by atoms with Crippen LogP contribution in [0.15, 0.2) is 24.3 Å². The maximum absolute atomic E-state index is 5.96. The van der Waals surface area contributed by atoms with Gasteiger partial charge in [0.1, 0.15) is 5.75 Å². The van der Waals surface area contributed by atoms with Crippen LogP contribution in [0, 0.1) is 5.92 Å². The van der Waals surface area contributed by atoms with Crippen molar-refractivity contribution in [3.8, 4) is 5.75 Å². The van der Waals surface area contributed by atoms with Gasteiger partial charge in [-0.25, -0.2) is 0 Å². The van der Waals surface area contributed by atoms with E-state index in [1.54, 1.807) is 0 Å². The third kappa shape index (κ3) is 4.72. The lowest BCUT2D eigenvalue weighted by molar-refractivity contribution is 0.127. The van der Waals surface area contributed by atoms with Gasteiger partial charge in [-0.1, -0.05) is 31.9 Å². The van der Waals surface area contributed by atoms with Gasteiger partial charge in [0.15, 0.2) is 0 Å². The molecule has 1 aliphatic carbocycles. The van der Waals surface area contributed by atoms with Crippen molar-refractivity contribution in [3.05, 3.63) is 29.8 Å². The fourth-order valence-electron chi connectivity index (χ4n) is 3.40. The second-order valence-electron chi connectivity index (χ2n) is 6.26. The Bertz CT molecular complexity index is 421. The van der Waals surface area contributed by atoms with Crippen molar-refractivity contribution in [2.75, 3.05) is 20.2 Å². The summed E-state index contributed by atoms with van der Waals surface area (Å²) in [4.78, 5) is 2.48. The lowest BCUT2D eigenvalue weighted by Crippen LogP contribution is -2.42. The Labute approximate surface area is 129 Å². The molecule has 21 heavy (non-hydrogen) atoms. The van der Waals surface area contributed by atoms with E-state index in [1.807, 2.05) is 6.07 Å². The summed E-state index contributed by atoms with van der Waals surface area (Å²) in [5.41, 5.74) is 7.28. The first-order valence-electron chi connectivity index (χ1n) is 8.36. The van der Waals surface area contributed by atoms with Gasteiger partial charge in [-0.05, 0) is 56.5 Å². The van der Waals surface area contributed by atoms with Gasteiger partial charge in [-0.2, -0.15) is 0 Å². The van der Waals surface area contributed by atoms with Gasteiger partial charge >= 0.3 is 0 Å². The molecule has 0 amide bonds. The number of benzene rings is 1. The Balaban J connectivity index is 1.96. The average Bonchev–Trinajstić information content (AvgIpc) is 2.53. The Morgan fingerprint density at radius 2 is 2.10 bits per heavy atom. The zero-order valence-electron chi connectivity index (χ0n) is 13.6. The summed E-state index contributed by atoms with van der Waals surface area (Å²) >= 11 is 0. The van der Waals surface area contributed by atoms with E-state index in [9.17, 15) is 0 Å². The van der Waals surface area contributed by atoms with Crippen LogP contribution in [0.2, 0.25) is 0 Å². The molecule has 1 fully saturated rings. The molecule has 3 heteroatoms. The molecule has 2 unspecified atom stereocenters. The van der Waals surface area contributed by atoms with E-state index in [0.717, 1.165) is 31.9 Å². The molecule has 0 bridgehead atoms. The number of hydrogen-bond acceptors (Lipinski definition) is 3. The van der Waals surface area contributed by atoms with Gasteiger partial charge in [-0.15, -0.1) is 0 Å². The molecule has 1 aromatic carbocycles. The average molecular weight is 290 g/mol. The normalized spacial score (nSPS) is 22.5. The molecule has 2 rings (SSSR count). The number of rotatable bonds is 7. The molecule has 0 aliphatic heterocycles. The Hall–Kier alpha value is -1.06. The monoisotopic (exact) mass is 290 g/mol. The Morgan fingerprint density at radius 1 is 1.29 bits per heavy atom. The first-order valence-corrected chi connectivity index (χ1v) is 8.36. The second-order valence-corrected chi connectivity index (χ2v) is 6.26. The molecule has 2 N–H and O–H groups in total. The molecule has 3 nitrogen and oxygen atoms in total. The van der Waals surface area contributed by atoms with Crippen LogP contribution < -0.4 is 10.5 Å². The third-order valence-corrected chi connectivity index (χ3v) is 4.54. The summed E-state index contributed by atoms with van der Waals surface area (Å²) in [7, 11) is 2.23. The molecule has 118 valence electrons. The van der Waals surface area contributed by atoms with Gasteiger partial charge in [0.25, 0.3) is 0 Å². The minimum absolute atomic E-state index is 0.629. The molecule has 0 radical (unpaired) electrons. The molecular formula is C18H30N2O. The smallest absolute Gasteiger partial charge is 0.119 e. The minimum Gasteiger partial charge on any atom is -0.494 e. The highest BCUT2D eigenvalue weighted by Gasteiger charge is 2.27. The fourth-order valence-corrected chi connectivity index (χ4v) is 3.40. The molecule has 0 spiro atoms. The second kappa shape index (κ2) is 8.40. The zero-order valence-corrected chi connectivity index (χ0v) is 13.6. The number of ether oxygens (including phenoxy) is 1. The van der Waals surface area contributed by atoms with Crippen LogP contribution in [0.25, 0.3) is 0 Å². The highest BCUT2D eigenvalue weighted by molar-refractivity contribution is 5.28. The standard InChI is InChI=1S/C18H30N2O/c1-3-11-21-17-9-6-7-15(12-17)14-20(2)18-10-5-4-8-16(18)13-19/h6-7,9,12,16,18H,3-5,8,10-11,13-14,19H2,1-2H3. The maximum atomic E-state index is 5.96. The summed E-state index contributed by atoms with van der Waals surface area (Å²) in [5.74, 6) is 1.64. The van der Waals surface area contributed by atoms with Crippen molar-refractivity contribution in [2.45, 2.75) is 51.6 Å². The van der Waals surface area contributed by atoms with Crippen LogP contribution in [-0.2, 0) is 6.54 Å². The maximum Gasteiger partial charge on any atom is 0.119 e. The van der Waals surface area contributed by atoms with E-state index in [4.69, 9.17) is 10.5 Å². The molecule has 1 aliphatic rings. The molecule has 1 aromatic rings. The minimum atomic E-state index is 0.629. The van der Waals surface area contributed by atoms with Gasteiger partial charge in [0.2, 0.25) is 0 Å². The van der Waals surface area contributed by atoms with Gasteiger partial charge in [0.05, 0.1) is 6.61 Å². The van der Waals surface area contributed by atoms with Crippen LogP contribution in [0.4, 0.5) is 0 Å². The highest BCUT2D eigenvalue weighted by Crippen LogP contribution is 2.28. The van der Waals surface area contributed by atoms with E-state index < -0.39 is 0 Å². The van der Waals surface area contributed by atoms with Gasteiger partial charge in [0, 0.05) is 12.6 Å². The van der Waals surface area contributed by atoms with E-state index in [-0.39, 0.29) is 0 Å². The molecule has 0 heterocycles. The van der Waals surface area contributed by atoms with Crippen molar-refractivity contribution in [1.29, 1.82) is 0 Å². The van der Waals surface area contributed by atoms with E-state index in [0.29, 0.717) is 12.0 Å². The largest absolute Gasteiger partial charge is 0.494 e. The predicted octanol–water partition coefficient (Wildman–Crippen LogP) is 3.42. The van der Waals surface area contributed by atoms with Crippen LogP contribution in [-0.4, -0.2) is 31.1 Å². The SMILES string of the molecule is CCCOc1cccc(CN(C)C2CCCCC2CN)c1. The molecule has 0 aromatic heterocycles. The summed E-state index contributed by atoms with van der Waals surface area (Å²) in [6.07, 6.45) is 6.29. The van der Waals surface area contributed by atoms with Crippen LogP contribution in [0.3, 0.4) is 0 Å². The topological polar surface area (TPSA) is 38.5 Å². The summed E-state index contributed by atoms with van der Waals surface area (Å²) < 4.78 is 5.73. The first kappa shape index (κ1) is 16.3. The summed E-state index contributed by atoms with van der Waals surface area (Å²) in [5, 5.41) is 0. The summed E-state index contributed by atoms with van der Waals surface area (Å²) in [6, 6.07) is 9.13. The van der Waals surface area contributed by atoms with Crippen molar-refractivity contribution in [1.82, 2.24) is 4.90 Å². The zero-order chi connectivity index (χ0) is 15.1. The first-order chi connectivity index (χ1) is 10.2. The number of nitrogens with two attached hydrogens (primary N) is 1. The lowest BCUT2D eigenvalue weighted by atomic mass is 9.83. The lowest BCUT2D eigenvalue weighted by Gasteiger charge is -2.37. The number of nitrogens with zero attached hydrogens (tertiary/aromatic N) is 1. The van der Waals surface area contributed by atoms with Crippen molar-refractivity contribution in [2.24, 2.45) is 11.7 Å². The van der Waals surface area contributed by atoms with Crippen molar-refractivity contribution >= 4 is 0 Å². The highest BCUT2D eigenvalue weighted by atomic mass is 16.5.